The Morgan fingerprint density at radius 2 is 1.03 bits per heavy atom. The lowest BCUT2D eigenvalue weighted by Crippen LogP contribution is -2.68. The number of thioether (sulfide) groups is 1. The van der Waals surface area contributed by atoms with Crippen LogP contribution in [0.5, 0.6) is 0 Å². The monoisotopic (exact) mass is 538 g/mol. The van der Waals surface area contributed by atoms with Gasteiger partial charge in [0.25, 0.3) is 0 Å². The van der Waals surface area contributed by atoms with E-state index in [1.165, 1.54) is 20.9 Å². The van der Waals surface area contributed by atoms with Crippen molar-refractivity contribution in [1.29, 1.82) is 0 Å². The molecule has 2 rings (SSSR count). The fourth-order valence-electron chi connectivity index (χ4n) is 2.98. The maximum Gasteiger partial charge on any atom is 0.335 e. The molecule has 36 heavy (non-hydrogen) atoms. The zero-order chi connectivity index (χ0) is 28.3. The van der Waals surface area contributed by atoms with Crippen LogP contribution in [-0.4, -0.2) is 0 Å². The molecule has 1 aromatic heterocycles. The van der Waals surface area contributed by atoms with Gasteiger partial charge < -0.3 is 0 Å². The average Bonchev–Trinajstić information content (AvgIpc) is 2.63. The second kappa shape index (κ2) is 11.5. The van der Waals surface area contributed by atoms with Gasteiger partial charge in [-0.15, -0.1) is 10.2 Å². The van der Waals surface area contributed by atoms with E-state index in [1.807, 2.05) is 11.8 Å². The van der Waals surface area contributed by atoms with Crippen molar-refractivity contribution in [2.45, 2.75) is 93.9 Å². The molecule has 7 heteroatoms. The zero-order valence-corrected chi connectivity index (χ0v) is 25.4. The van der Waals surface area contributed by atoms with Gasteiger partial charge in [0.2, 0.25) is 0 Å². The first-order valence-electron chi connectivity index (χ1n) is 12.0. The van der Waals surface area contributed by atoms with Crippen LogP contribution in [0, 0.1) is 21.1 Å². The molecular formula is C29H43ClO5S. The molecule has 202 valence electrons. The summed E-state index contributed by atoms with van der Waals surface area (Å²) in [7, 11) is -4.94. The van der Waals surface area contributed by atoms with Crippen molar-refractivity contribution < 1.29 is 33.3 Å². The molecule has 2 heterocycles. The molecule has 0 N–H and O–H groups in total. The quantitative estimate of drug-likeness (QED) is 0.494. The lowest BCUT2D eigenvalue weighted by atomic mass is 9.88. The Balaban J connectivity index is 0.00000118. The van der Waals surface area contributed by atoms with E-state index >= 15 is 0 Å². The minimum absolute atomic E-state index is 0.0302. The third-order valence-corrected chi connectivity index (χ3v) is 7.07. The van der Waals surface area contributed by atoms with E-state index in [2.05, 4.69) is 126 Å². The minimum Gasteiger partial charge on any atom is -0.222 e. The molecular weight excluding hydrogens is 496 g/mol. The highest BCUT2D eigenvalue weighted by Crippen LogP contribution is 2.48. The lowest BCUT2D eigenvalue weighted by molar-refractivity contribution is -2.00. The summed E-state index contributed by atoms with van der Waals surface area (Å²) in [4.78, 5) is 2.84. The fourth-order valence-corrected chi connectivity index (χ4v) is 4.22. The van der Waals surface area contributed by atoms with Gasteiger partial charge in [-0.25, -0.2) is 23.1 Å². The third-order valence-electron chi connectivity index (χ3n) is 5.17. The maximum atomic E-state index is 8.49. The van der Waals surface area contributed by atoms with Crippen molar-refractivity contribution in [3.05, 3.63) is 68.9 Å². The molecule has 0 fully saturated rings. The molecule has 1 aromatic rings. The molecule has 0 saturated carbocycles. The van der Waals surface area contributed by atoms with Gasteiger partial charge in [0.15, 0.2) is 0 Å². The molecule has 0 saturated heterocycles. The second-order valence-electron chi connectivity index (χ2n) is 13.1. The van der Waals surface area contributed by atoms with Gasteiger partial charge in [0.1, 0.15) is 0 Å². The van der Waals surface area contributed by atoms with E-state index in [9.17, 15) is 0 Å². The number of hydrogen-bond donors (Lipinski definition) is 0. The van der Waals surface area contributed by atoms with E-state index in [0.29, 0.717) is 0 Å². The van der Waals surface area contributed by atoms with E-state index in [0.717, 1.165) is 11.5 Å². The summed E-state index contributed by atoms with van der Waals surface area (Å²) in [5, 5.41) is 0. The van der Waals surface area contributed by atoms with Crippen LogP contribution in [0.25, 0.3) is 6.08 Å². The largest absolute Gasteiger partial charge is 0.335 e. The fraction of sp³-hybridized carbons (Fsp3) is 0.552. The predicted octanol–water partition coefficient (Wildman–Crippen LogP) is 4.95. The van der Waals surface area contributed by atoms with Gasteiger partial charge in [0.05, 0.1) is 10.8 Å². The molecule has 0 atom stereocenters. The molecule has 0 amide bonds. The van der Waals surface area contributed by atoms with Gasteiger partial charge >= 0.3 is 11.5 Å². The van der Waals surface area contributed by atoms with Crippen molar-refractivity contribution >= 4 is 17.8 Å². The Kier molecular flexibility index (Phi) is 10.5. The normalized spacial score (nSPS) is 15.8. The first-order valence-corrected chi connectivity index (χ1v) is 14.0. The Bertz CT molecular complexity index is 962. The van der Waals surface area contributed by atoms with Gasteiger partial charge in [-0.3, -0.25) is 0 Å². The Labute approximate surface area is 224 Å². The van der Waals surface area contributed by atoms with Crippen LogP contribution in [0.2, 0.25) is 0 Å². The Morgan fingerprint density at radius 1 is 0.667 bits per heavy atom. The van der Waals surface area contributed by atoms with E-state index < -0.39 is 10.2 Å². The smallest absolute Gasteiger partial charge is 0.222 e. The first kappa shape index (κ1) is 32.6. The predicted molar refractivity (Wildman–Crippen MR) is 140 cm³/mol. The SMILES string of the molecule is CC(C)(C)C1=CC(=C/C=C/c2cc(C(C)(C)C)[o+]c(C(C)(C)C)c2)C=C(C(C)(C)C)S1.[O-][Cl+3]([O-])([O-])[O-]. The van der Waals surface area contributed by atoms with Crippen LogP contribution < -0.4 is 18.6 Å². The molecule has 1 aliphatic rings. The highest BCUT2D eigenvalue weighted by atomic mass is 35.7. The van der Waals surface area contributed by atoms with E-state index in [1.54, 1.807) is 0 Å². The van der Waals surface area contributed by atoms with Gasteiger partial charge in [0, 0.05) is 12.1 Å². The molecule has 0 bridgehead atoms. The number of halogens is 1. The summed E-state index contributed by atoms with van der Waals surface area (Å²) < 4.78 is 40.2. The molecule has 1 aliphatic heterocycles. The number of rotatable bonds is 2. The van der Waals surface area contributed by atoms with Crippen molar-refractivity contribution in [2.24, 2.45) is 10.8 Å². The van der Waals surface area contributed by atoms with Gasteiger partial charge in [-0.2, -0.15) is 0 Å². The summed E-state index contributed by atoms with van der Waals surface area (Å²) in [6.45, 7) is 26.9. The van der Waals surface area contributed by atoms with Crippen molar-refractivity contribution in [2.75, 3.05) is 0 Å². The minimum atomic E-state index is -4.94. The summed E-state index contributed by atoms with van der Waals surface area (Å²) in [5.74, 6) is 2.04. The van der Waals surface area contributed by atoms with Crippen molar-refractivity contribution in [3.63, 3.8) is 0 Å². The van der Waals surface area contributed by atoms with Crippen LogP contribution in [0.15, 0.2) is 56.2 Å². The zero-order valence-electron chi connectivity index (χ0n) is 23.9. The van der Waals surface area contributed by atoms with E-state index in [-0.39, 0.29) is 21.7 Å². The first-order chi connectivity index (χ1) is 15.9. The average molecular weight is 539 g/mol. The van der Waals surface area contributed by atoms with Crippen molar-refractivity contribution in [1.82, 2.24) is 0 Å². The molecule has 0 radical (unpaired) electrons. The summed E-state index contributed by atoms with van der Waals surface area (Å²) in [6.07, 6.45) is 11.3. The molecule has 0 spiro atoms. The highest BCUT2D eigenvalue weighted by molar-refractivity contribution is 8.06. The Morgan fingerprint density at radius 3 is 1.33 bits per heavy atom. The van der Waals surface area contributed by atoms with Crippen LogP contribution in [0.3, 0.4) is 0 Å². The standard InChI is InChI=1S/C29H43OS.ClHO4/c1-26(2,3)22-16-20(17-23(30-22)27(4,5)6)14-13-15-21-18-24(28(7,8)9)31-25(19-21)29(10,11)12;2-1(3,4)5/h13-19H,1-12H3;(H,2,3,4,5)/q+1;/p-1/b14-13+;. The van der Waals surface area contributed by atoms with Crippen LogP contribution in [0.1, 0.15) is 100 Å². The molecule has 5 nitrogen and oxygen atoms in total. The van der Waals surface area contributed by atoms with Crippen molar-refractivity contribution in [3.8, 4) is 0 Å². The highest BCUT2D eigenvalue weighted by Gasteiger charge is 2.33. The summed E-state index contributed by atoms with van der Waals surface area (Å²) >= 11 is 1.93. The van der Waals surface area contributed by atoms with Gasteiger partial charge in [-0.05, 0) is 85.5 Å². The summed E-state index contributed by atoms with van der Waals surface area (Å²) in [5.41, 5.74) is 2.67. The lowest BCUT2D eigenvalue weighted by Gasteiger charge is -2.31. The number of hydrogen-bond acceptors (Lipinski definition) is 5. The topological polar surface area (TPSA) is 104 Å². The maximum absolute atomic E-state index is 8.49. The second-order valence-corrected chi connectivity index (χ2v) is 15.0. The third kappa shape index (κ3) is 11.8. The number of allylic oxidation sites excluding steroid dienone is 7. The van der Waals surface area contributed by atoms with E-state index in [4.69, 9.17) is 23.1 Å². The summed E-state index contributed by atoms with van der Waals surface area (Å²) in [6, 6.07) is 4.35. The molecule has 0 aliphatic carbocycles. The molecule has 0 unspecified atom stereocenters. The van der Waals surface area contributed by atoms with Crippen LogP contribution in [0.4, 0.5) is 0 Å². The van der Waals surface area contributed by atoms with Gasteiger partial charge in [-0.1, -0.05) is 71.5 Å². The molecule has 0 aromatic carbocycles. The van der Waals surface area contributed by atoms with Crippen LogP contribution >= 0.6 is 11.8 Å². The van der Waals surface area contributed by atoms with Crippen LogP contribution in [-0.2, 0) is 10.8 Å². The Hall–Kier alpha value is -1.41.